The molecule has 0 aliphatic carbocycles. The quantitative estimate of drug-likeness (QED) is 0.823. The van der Waals surface area contributed by atoms with Gasteiger partial charge in [0.05, 0.1) is 11.6 Å². The molecule has 2 rings (SSSR count). The standard InChI is InChI=1S/C14H9Br2FN2/c15-11-3-10(4-12(17)6-11)8-19-14-2-1-9(7-18)5-13(14)16/h1-6,19H,8H2. The van der Waals surface area contributed by atoms with E-state index in [-0.39, 0.29) is 5.82 Å². The predicted octanol–water partition coefficient (Wildman–Crippen LogP) is 4.83. The number of hydrogen-bond donors (Lipinski definition) is 1. The summed E-state index contributed by atoms with van der Waals surface area (Å²) in [6.07, 6.45) is 0. The van der Waals surface area contributed by atoms with Crippen molar-refractivity contribution in [3.8, 4) is 6.07 Å². The zero-order valence-corrected chi connectivity index (χ0v) is 12.9. The van der Waals surface area contributed by atoms with Gasteiger partial charge in [-0.3, -0.25) is 0 Å². The molecule has 0 atom stereocenters. The maximum atomic E-state index is 13.2. The third-order valence-electron chi connectivity index (χ3n) is 2.50. The van der Waals surface area contributed by atoms with Crippen molar-refractivity contribution in [2.75, 3.05) is 5.32 Å². The predicted molar refractivity (Wildman–Crippen MR) is 80.3 cm³/mol. The Labute approximate surface area is 127 Å². The van der Waals surface area contributed by atoms with Gasteiger partial charge in [0, 0.05) is 21.2 Å². The highest BCUT2D eigenvalue weighted by Crippen LogP contribution is 2.24. The number of nitrogens with zero attached hydrogens (tertiary/aromatic N) is 1. The topological polar surface area (TPSA) is 35.8 Å². The highest BCUT2D eigenvalue weighted by atomic mass is 79.9. The molecule has 0 amide bonds. The fraction of sp³-hybridized carbons (Fsp3) is 0.0714. The number of hydrogen-bond acceptors (Lipinski definition) is 2. The summed E-state index contributed by atoms with van der Waals surface area (Å²) in [6, 6.07) is 12.1. The molecule has 0 saturated heterocycles. The van der Waals surface area contributed by atoms with Gasteiger partial charge in [-0.2, -0.15) is 5.26 Å². The normalized spacial score (nSPS) is 10.0. The lowest BCUT2D eigenvalue weighted by Gasteiger charge is -2.09. The molecule has 0 fully saturated rings. The Morgan fingerprint density at radius 1 is 1.16 bits per heavy atom. The van der Waals surface area contributed by atoms with Crippen LogP contribution in [0, 0.1) is 17.1 Å². The van der Waals surface area contributed by atoms with E-state index in [2.05, 4.69) is 43.2 Å². The molecule has 0 heterocycles. The van der Waals surface area contributed by atoms with Crippen molar-refractivity contribution >= 4 is 37.5 Å². The molecule has 0 aliphatic rings. The number of halogens is 3. The minimum absolute atomic E-state index is 0.273. The van der Waals surface area contributed by atoms with E-state index in [1.165, 1.54) is 12.1 Å². The van der Waals surface area contributed by atoms with Crippen LogP contribution in [0.3, 0.4) is 0 Å². The minimum Gasteiger partial charge on any atom is -0.380 e. The molecule has 19 heavy (non-hydrogen) atoms. The number of rotatable bonds is 3. The van der Waals surface area contributed by atoms with Gasteiger partial charge in [-0.05, 0) is 57.9 Å². The van der Waals surface area contributed by atoms with Crippen molar-refractivity contribution in [1.29, 1.82) is 5.26 Å². The Morgan fingerprint density at radius 2 is 1.95 bits per heavy atom. The van der Waals surface area contributed by atoms with Crippen LogP contribution in [-0.2, 0) is 6.54 Å². The fourth-order valence-corrected chi connectivity index (χ4v) is 2.67. The minimum atomic E-state index is -0.273. The van der Waals surface area contributed by atoms with Crippen LogP contribution in [0.2, 0.25) is 0 Å². The number of nitrogens with one attached hydrogen (secondary N) is 1. The van der Waals surface area contributed by atoms with Crippen LogP contribution in [0.1, 0.15) is 11.1 Å². The van der Waals surface area contributed by atoms with Crippen molar-refractivity contribution in [3.05, 3.63) is 62.3 Å². The lowest BCUT2D eigenvalue weighted by Crippen LogP contribution is -2.00. The first-order chi connectivity index (χ1) is 9.08. The Hall–Kier alpha value is -1.38. The molecule has 0 aromatic heterocycles. The Balaban J connectivity index is 2.12. The van der Waals surface area contributed by atoms with Gasteiger partial charge in [0.25, 0.3) is 0 Å². The highest BCUT2D eigenvalue weighted by molar-refractivity contribution is 9.10. The van der Waals surface area contributed by atoms with E-state index >= 15 is 0 Å². The number of nitriles is 1. The monoisotopic (exact) mass is 382 g/mol. The van der Waals surface area contributed by atoms with Crippen molar-refractivity contribution in [3.63, 3.8) is 0 Å². The third kappa shape index (κ3) is 3.79. The Bertz CT molecular complexity index is 630. The zero-order chi connectivity index (χ0) is 13.8. The van der Waals surface area contributed by atoms with Crippen molar-refractivity contribution < 1.29 is 4.39 Å². The second-order valence-corrected chi connectivity index (χ2v) is 5.71. The molecule has 2 aromatic carbocycles. The smallest absolute Gasteiger partial charge is 0.124 e. The second kappa shape index (κ2) is 6.18. The number of benzene rings is 2. The third-order valence-corrected chi connectivity index (χ3v) is 3.62. The van der Waals surface area contributed by atoms with E-state index in [1.54, 1.807) is 12.1 Å². The van der Waals surface area contributed by atoms with Gasteiger partial charge < -0.3 is 5.32 Å². The van der Waals surface area contributed by atoms with Crippen LogP contribution in [0.25, 0.3) is 0 Å². The van der Waals surface area contributed by atoms with Gasteiger partial charge in [0.15, 0.2) is 0 Å². The van der Waals surface area contributed by atoms with E-state index in [0.29, 0.717) is 16.6 Å². The van der Waals surface area contributed by atoms with E-state index in [4.69, 9.17) is 5.26 Å². The van der Waals surface area contributed by atoms with E-state index in [1.807, 2.05) is 12.1 Å². The van der Waals surface area contributed by atoms with Crippen molar-refractivity contribution in [1.82, 2.24) is 0 Å². The summed E-state index contributed by atoms with van der Waals surface area (Å²) in [5.74, 6) is -0.273. The molecule has 5 heteroatoms. The van der Waals surface area contributed by atoms with Crippen LogP contribution in [-0.4, -0.2) is 0 Å². The van der Waals surface area contributed by atoms with Gasteiger partial charge in [-0.1, -0.05) is 15.9 Å². The van der Waals surface area contributed by atoms with Gasteiger partial charge in [-0.25, -0.2) is 4.39 Å². The summed E-state index contributed by atoms with van der Waals surface area (Å²) < 4.78 is 14.7. The molecular weight excluding hydrogens is 375 g/mol. The zero-order valence-electron chi connectivity index (χ0n) is 9.75. The molecule has 2 nitrogen and oxygen atoms in total. The van der Waals surface area contributed by atoms with Gasteiger partial charge in [0.2, 0.25) is 0 Å². The first kappa shape index (κ1) is 14.0. The average Bonchev–Trinajstić information content (AvgIpc) is 2.36. The lowest BCUT2D eigenvalue weighted by atomic mass is 10.2. The number of anilines is 1. The van der Waals surface area contributed by atoms with Crippen LogP contribution in [0.5, 0.6) is 0 Å². The fourth-order valence-electron chi connectivity index (χ4n) is 1.64. The van der Waals surface area contributed by atoms with Crippen LogP contribution >= 0.6 is 31.9 Å². The first-order valence-corrected chi connectivity index (χ1v) is 7.05. The molecule has 1 N–H and O–H groups in total. The molecule has 0 saturated carbocycles. The van der Waals surface area contributed by atoms with E-state index in [0.717, 1.165) is 15.7 Å². The molecule has 96 valence electrons. The lowest BCUT2D eigenvalue weighted by molar-refractivity contribution is 0.625. The molecule has 0 bridgehead atoms. The molecule has 2 aromatic rings. The van der Waals surface area contributed by atoms with Crippen molar-refractivity contribution in [2.45, 2.75) is 6.54 Å². The highest BCUT2D eigenvalue weighted by Gasteiger charge is 2.03. The second-order valence-electron chi connectivity index (χ2n) is 3.94. The molecular formula is C14H9Br2FN2. The van der Waals surface area contributed by atoms with E-state index < -0.39 is 0 Å². The van der Waals surface area contributed by atoms with Crippen LogP contribution in [0.15, 0.2) is 45.3 Å². The molecule has 0 unspecified atom stereocenters. The van der Waals surface area contributed by atoms with Gasteiger partial charge in [-0.15, -0.1) is 0 Å². The average molecular weight is 384 g/mol. The summed E-state index contributed by atoms with van der Waals surface area (Å²) >= 11 is 6.65. The summed E-state index contributed by atoms with van der Waals surface area (Å²) in [7, 11) is 0. The van der Waals surface area contributed by atoms with Gasteiger partial charge in [0.1, 0.15) is 5.82 Å². The summed E-state index contributed by atoms with van der Waals surface area (Å²) in [5.41, 5.74) is 2.29. The molecule has 0 radical (unpaired) electrons. The maximum Gasteiger partial charge on any atom is 0.124 e. The summed E-state index contributed by atoms with van der Waals surface area (Å²) in [4.78, 5) is 0. The SMILES string of the molecule is N#Cc1ccc(NCc2cc(F)cc(Br)c2)c(Br)c1. The van der Waals surface area contributed by atoms with Crippen LogP contribution in [0.4, 0.5) is 10.1 Å². The maximum absolute atomic E-state index is 13.2. The summed E-state index contributed by atoms with van der Waals surface area (Å²) in [5, 5.41) is 12.0. The first-order valence-electron chi connectivity index (χ1n) is 5.47. The Morgan fingerprint density at radius 3 is 2.58 bits per heavy atom. The van der Waals surface area contributed by atoms with Gasteiger partial charge >= 0.3 is 0 Å². The molecule has 0 aliphatic heterocycles. The van der Waals surface area contributed by atoms with Crippen LogP contribution < -0.4 is 5.32 Å². The largest absolute Gasteiger partial charge is 0.380 e. The van der Waals surface area contributed by atoms with E-state index in [9.17, 15) is 4.39 Å². The summed E-state index contributed by atoms with van der Waals surface area (Å²) in [6.45, 7) is 0.501. The van der Waals surface area contributed by atoms with Crippen molar-refractivity contribution in [2.24, 2.45) is 0 Å². The molecule has 0 spiro atoms. The Kier molecular flexibility index (Phi) is 4.56.